The Kier molecular flexibility index (Phi) is 6.51. The maximum Gasteiger partial charge on any atom is 0.335 e. The van der Waals surface area contributed by atoms with E-state index in [0.717, 1.165) is 21.9 Å². The third kappa shape index (κ3) is 4.43. The van der Waals surface area contributed by atoms with E-state index in [1.165, 1.54) is 7.11 Å². The first-order chi connectivity index (χ1) is 15.3. The molecule has 0 aliphatic carbocycles. The normalized spacial score (nSPS) is 11.0. The fourth-order valence-corrected chi connectivity index (χ4v) is 3.13. The average molecular weight is 434 g/mol. The second kappa shape index (κ2) is 9.28. The van der Waals surface area contributed by atoms with Crippen molar-refractivity contribution >= 4 is 12.0 Å². The number of nitrogens with one attached hydrogen (secondary N) is 2. The first-order valence-corrected chi connectivity index (χ1v) is 9.61. The highest BCUT2D eigenvalue weighted by atomic mass is 16.5. The van der Waals surface area contributed by atoms with E-state index in [-0.39, 0.29) is 23.6 Å². The molecule has 0 radical (unpaired) electrons. The molecule has 1 aromatic carbocycles. The highest BCUT2D eigenvalue weighted by Gasteiger charge is 2.15. The van der Waals surface area contributed by atoms with Gasteiger partial charge in [0.2, 0.25) is 5.88 Å². The summed E-state index contributed by atoms with van der Waals surface area (Å²) in [5, 5.41) is 24.1. The molecule has 2 heterocycles. The number of pyridine rings is 1. The number of aromatic amines is 1. The van der Waals surface area contributed by atoms with Crippen molar-refractivity contribution in [2.24, 2.45) is 5.10 Å². The smallest absolute Gasteiger partial charge is 0.335 e. The Bertz CT molecular complexity index is 1360. The molecule has 0 atom stereocenters. The molecule has 3 N–H and O–H groups in total. The number of aromatic nitrogens is 3. The number of hydrazone groups is 1. The van der Waals surface area contributed by atoms with Crippen molar-refractivity contribution in [2.75, 3.05) is 12.5 Å². The Balaban J connectivity index is 2.02. The maximum absolute atomic E-state index is 12.4. The van der Waals surface area contributed by atoms with Crippen LogP contribution in [0, 0.1) is 32.1 Å². The van der Waals surface area contributed by atoms with Crippen molar-refractivity contribution in [3.63, 3.8) is 0 Å². The zero-order chi connectivity index (χ0) is 23.4. The Morgan fingerprint density at radius 2 is 2.03 bits per heavy atom. The summed E-state index contributed by atoms with van der Waals surface area (Å²) < 4.78 is 6.10. The van der Waals surface area contributed by atoms with Crippen LogP contribution < -0.4 is 16.7 Å². The summed E-state index contributed by atoms with van der Waals surface area (Å²) >= 11 is 0. The van der Waals surface area contributed by atoms with E-state index in [0.29, 0.717) is 16.9 Å². The molecule has 3 rings (SSSR count). The first kappa shape index (κ1) is 22.5. The van der Waals surface area contributed by atoms with Gasteiger partial charge in [0.05, 0.1) is 18.5 Å². The molecule has 2 aromatic heterocycles. The topological polar surface area (TPSA) is 145 Å². The van der Waals surface area contributed by atoms with Crippen LogP contribution in [0.5, 0.6) is 5.88 Å². The van der Waals surface area contributed by atoms with Gasteiger partial charge in [-0.3, -0.25) is 15.2 Å². The number of anilines is 1. The monoisotopic (exact) mass is 434 g/mol. The van der Waals surface area contributed by atoms with Crippen LogP contribution in [-0.2, 0) is 11.3 Å². The molecule has 0 spiro atoms. The van der Waals surface area contributed by atoms with E-state index in [9.17, 15) is 20.0 Å². The molecule has 10 nitrogen and oxygen atoms in total. The molecule has 10 heteroatoms. The van der Waals surface area contributed by atoms with E-state index in [4.69, 9.17) is 4.74 Å². The number of benzene rings is 1. The van der Waals surface area contributed by atoms with E-state index in [1.807, 2.05) is 13.8 Å². The molecule has 0 saturated carbocycles. The van der Waals surface area contributed by atoms with Gasteiger partial charge in [-0.2, -0.15) is 10.4 Å². The van der Waals surface area contributed by atoms with Crippen LogP contribution in [0.15, 0.2) is 39.0 Å². The van der Waals surface area contributed by atoms with Gasteiger partial charge in [0.25, 0.3) is 5.56 Å². The number of hydrogen-bond donors (Lipinski definition) is 3. The standard InChI is InChI=1S/C22H22N6O4/c1-12-5-6-16(7-13(12)2)28-21(30)18(20(29)26-22(28)31)10-24-27-19-17(9-23)15(11-32-4)8-14(3)25-19/h5-8,10,30H,11H2,1-4H3,(H,25,27)(H,26,29,31). The van der Waals surface area contributed by atoms with Gasteiger partial charge < -0.3 is 9.84 Å². The molecule has 0 unspecified atom stereocenters. The third-order valence-corrected chi connectivity index (χ3v) is 4.87. The quantitative estimate of drug-likeness (QED) is 0.397. The zero-order valence-corrected chi connectivity index (χ0v) is 18.1. The van der Waals surface area contributed by atoms with Gasteiger partial charge in [0.1, 0.15) is 17.2 Å². The fourth-order valence-electron chi connectivity index (χ4n) is 3.13. The number of aromatic hydroxyl groups is 1. The highest BCUT2D eigenvalue weighted by Crippen LogP contribution is 2.20. The second-order valence-corrected chi connectivity index (χ2v) is 7.16. The highest BCUT2D eigenvalue weighted by molar-refractivity contribution is 5.82. The minimum absolute atomic E-state index is 0.175. The van der Waals surface area contributed by atoms with Crippen LogP contribution in [0.1, 0.15) is 33.5 Å². The predicted octanol–water partition coefficient (Wildman–Crippen LogP) is 2.02. The van der Waals surface area contributed by atoms with Gasteiger partial charge in [-0.05, 0) is 50.1 Å². The van der Waals surface area contributed by atoms with Crippen molar-refractivity contribution < 1.29 is 9.84 Å². The van der Waals surface area contributed by atoms with Crippen molar-refractivity contribution in [1.82, 2.24) is 14.5 Å². The molecule has 0 aliphatic heterocycles. The lowest BCUT2D eigenvalue weighted by Crippen LogP contribution is -2.31. The summed E-state index contributed by atoms with van der Waals surface area (Å²) in [6.07, 6.45) is 1.06. The lowest BCUT2D eigenvalue weighted by atomic mass is 10.1. The van der Waals surface area contributed by atoms with Crippen molar-refractivity contribution in [3.05, 3.63) is 78.6 Å². The summed E-state index contributed by atoms with van der Waals surface area (Å²) in [6.45, 7) is 5.76. The van der Waals surface area contributed by atoms with Crippen LogP contribution in [0.25, 0.3) is 5.69 Å². The first-order valence-electron chi connectivity index (χ1n) is 9.61. The summed E-state index contributed by atoms with van der Waals surface area (Å²) in [6, 6.07) is 8.97. The summed E-state index contributed by atoms with van der Waals surface area (Å²) in [4.78, 5) is 31.1. The fraction of sp³-hybridized carbons (Fsp3) is 0.227. The maximum atomic E-state index is 12.4. The third-order valence-electron chi connectivity index (χ3n) is 4.87. The second-order valence-electron chi connectivity index (χ2n) is 7.16. The number of aryl methyl sites for hydroxylation is 3. The lowest BCUT2D eigenvalue weighted by Gasteiger charge is -2.11. The number of rotatable bonds is 6. The molecule has 0 bridgehead atoms. The number of nitrogens with zero attached hydrogens (tertiary/aromatic N) is 4. The minimum atomic E-state index is -0.809. The Morgan fingerprint density at radius 3 is 2.69 bits per heavy atom. The zero-order valence-electron chi connectivity index (χ0n) is 18.1. The van der Waals surface area contributed by atoms with Crippen LogP contribution in [-0.4, -0.2) is 33.0 Å². The van der Waals surface area contributed by atoms with Gasteiger partial charge in [-0.15, -0.1) is 0 Å². The largest absolute Gasteiger partial charge is 0.493 e. The Labute approximate surface area is 183 Å². The van der Waals surface area contributed by atoms with Crippen molar-refractivity contribution in [2.45, 2.75) is 27.4 Å². The molecule has 0 aliphatic rings. The van der Waals surface area contributed by atoms with Crippen LogP contribution >= 0.6 is 0 Å². The predicted molar refractivity (Wildman–Crippen MR) is 119 cm³/mol. The van der Waals surface area contributed by atoms with Crippen molar-refractivity contribution in [3.8, 4) is 17.6 Å². The molecule has 0 amide bonds. The van der Waals surface area contributed by atoms with E-state index >= 15 is 0 Å². The Morgan fingerprint density at radius 1 is 1.28 bits per heavy atom. The lowest BCUT2D eigenvalue weighted by molar-refractivity contribution is 0.184. The Hall–Kier alpha value is -4.23. The van der Waals surface area contributed by atoms with E-state index in [2.05, 4.69) is 26.6 Å². The molecule has 32 heavy (non-hydrogen) atoms. The number of H-pyrrole nitrogens is 1. The number of methoxy groups -OCH3 is 1. The summed E-state index contributed by atoms with van der Waals surface area (Å²) in [5.41, 5.74) is 4.63. The van der Waals surface area contributed by atoms with Gasteiger partial charge in [-0.1, -0.05) is 6.07 Å². The molecular weight excluding hydrogens is 412 g/mol. The molecule has 0 saturated heterocycles. The number of hydrogen-bond acceptors (Lipinski definition) is 8. The van der Waals surface area contributed by atoms with Crippen LogP contribution in [0.2, 0.25) is 0 Å². The van der Waals surface area contributed by atoms with Crippen molar-refractivity contribution in [1.29, 1.82) is 5.26 Å². The van der Waals surface area contributed by atoms with Gasteiger partial charge in [0.15, 0.2) is 5.82 Å². The number of nitriles is 1. The average Bonchev–Trinajstić information content (AvgIpc) is 2.73. The minimum Gasteiger partial charge on any atom is -0.493 e. The molecular formula is C22H22N6O4. The molecule has 164 valence electrons. The van der Waals surface area contributed by atoms with E-state index in [1.54, 1.807) is 31.2 Å². The SMILES string of the molecule is COCc1cc(C)nc(NN=Cc2c(O)n(-c3ccc(C)c(C)c3)c(=O)[nH]c2=O)c1C#N. The van der Waals surface area contributed by atoms with E-state index < -0.39 is 17.1 Å². The van der Waals surface area contributed by atoms with Crippen LogP contribution in [0.3, 0.4) is 0 Å². The van der Waals surface area contributed by atoms with Gasteiger partial charge in [0, 0.05) is 18.4 Å². The summed E-state index contributed by atoms with van der Waals surface area (Å²) in [7, 11) is 1.52. The van der Waals surface area contributed by atoms with Crippen LogP contribution in [0.4, 0.5) is 5.82 Å². The molecule has 0 fully saturated rings. The summed E-state index contributed by atoms with van der Waals surface area (Å²) in [5.74, 6) is -0.389. The van der Waals surface area contributed by atoms with Gasteiger partial charge in [-0.25, -0.2) is 14.3 Å². The molecule has 3 aromatic rings. The van der Waals surface area contributed by atoms with Gasteiger partial charge >= 0.3 is 5.69 Å². The number of ether oxygens (including phenoxy) is 1.